The lowest BCUT2D eigenvalue weighted by molar-refractivity contribution is -0.138. The van der Waals surface area contributed by atoms with Crippen molar-refractivity contribution in [2.75, 3.05) is 11.5 Å². The molecule has 0 aliphatic carbocycles. The van der Waals surface area contributed by atoms with Crippen LogP contribution in [0.3, 0.4) is 0 Å². The highest BCUT2D eigenvalue weighted by Gasteiger charge is 2.76. The first-order valence-electron chi connectivity index (χ1n) is 8.98. The minimum absolute atomic E-state index is 0.00878. The molecule has 2 amide bonds. The predicted molar refractivity (Wildman–Crippen MR) is 90.2 cm³/mol. The Morgan fingerprint density at radius 3 is 2.55 bits per heavy atom. The van der Waals surface area contributed by atoms with Gasteiger partial charge in [-0.2, -0.15) is 18.4 Å². The molecule has 5 atom stereocenters. The third kappa shape index (κ3) is 2.48. The van der Waals surface area contributed by atoms with Crippen molar-refractivity contribution in [2.24, 2.45) is 11.8 Å². The lowest BCUT2D eigenvalue weighted by Crippen LogP contribution is -2.49. The fraction of sp³-hybridized carbons (Fsp3) is 0.526. The quantitative estimate of drug-likeness (QED) is 0.728. The molecule has 0 radical (unpaired) electrons. The molecule has 154 valence electrons. The molecule has 7 nitrogen and oxygen atoms in total. The first-order chi connectivity index (χ1) is 13.5. The average Bonchev–Trinajstić information content (AvgIpc) is 3.16. The number of nitrogens with zero attached hydrogens (tertiary/aromatic N) is 2. The van der Waals surface area contributed by atoms with Crippen LogP contribution in [0.15, 0.2) is 18.2 Å². The molecule has 3 aliphatic heterocycles. The van der Waals surface area contributed by atoms with Gasteiger partial charge in [0.15, 0.2) is 0 Å². The maximum Gasteiger partial charge on any atom is 0.417 e. The number of carbonyl (C=O) groups excluding carboxylic acids is 2. The second-order valence-corrected chi connectivity index (χ2v) is 7.85. The van der Waals surface area contributed by atoms with Gasteiger partial charge in [-0.3, -0.25) is 9.59 Å². The zero-order valence-electron chi connectivity index (χ0n) is 15.2. The zero-order chi connectivity index (χ0) is 21.4. The van der Waals surface area contributed by atoms with E-state index in [-0.39, 0.29) is 25.1 Å². The Labute approximate surface area is 163 Å². The molecule has 2 bridgehead atoms. The number of ether oxygens (including phenoxy) is 1. The highest BCUT2D eigenvalue weighted by atomic mass is 19.4. The van der Waals surface area contributed by atoms with Crippen LogP contribution in [0.4, 0.5) is 18.9 Å². The van der Waals surface area contributed by atoms with Crippen LogP contribution < -0.4 is 4.90 Å². The molecule has 0 saturated carbocycles. The number of nitriles is 1. The second kappa shape index (κ2) is 6.01. The number of aliphatic hydroxyl groups excluding tert-OH is 2. The van der Waals surface area contributed by atoms with E-state index in [2.05, 4.69) is 0 Å². The average molecular weight is 410 g/mol. The SMILES string of the molecule is CC12OC(CCO)(C[C@@H]1O)[C@H]1C(=O)N(c3ccc(C#N)c(C(F)(F)F)c3)C(=O)C12. The van der Waals surface area contributed by atoms with E-state index in [1.165, 1.54) is 13.0 Å². The topological polar surface area (TPSA) is 111 Å². The lowest BCUT2D eigenvalue weighted by atomic mass is 9.66. The van der Waals surface area contributed by atoms with Crippen LogP contribution in [0.5, 0.6) is 0 Å². The number of imide groups is 1. The molecule has 29 heavy (non-hydrogen) atoms. The summed E-state index contributed by atoms with van der Waals surface area (Å²) in [4.78, 5) is 26.9. The van der Waals surface area contributed by atoms with Crippen LogP contribution in [-0.4, -0.2) is 45.9 Å². The monoisotopic (exact) mass is 410 g/mol. The molecule has 0 spiro atoms. The number of aliphatic hydroxyl groups is 2. The molecule has 0 aromatic heterocycles. The largest absolute Gasteiger partial charge is 0.417 e. The van der Waals surface area contributed by atoms with Crippen molar-refractivity contribution in [1.82, 2.24) is 0 Å². The maximum absolute atomic E-state index is 13.3. The summed E-state index contributed by atoms with van der Waals surface area (Å²) in [6.07, 6.45) is -5.85. The van der Waals surface area contributed by atoms with E-state index in [1.807, 2.05) is 0 Å². The van der Waals surface area contributed by atoms with E-state index in [1.54, 1.807) is 0 Å². The third-order valence-corrected chi connectivity index (χ3v) is 6.34. The van der Waals surface area contributed by atoms with Crippen LogP contribution in [0.2, 0.25) is 0 Å². The van der Waals surface area contributed by atoms with E-state index in [9.17, 15) is 33.0 Å². The number of amides is 2. The summed E-state index contributed by atoms with van der Waals surface area (Å²) in [5, 5.41) is 28.8. The van der Waals surface area contributed by atoms with E-state index < -0.39 is 58.3 Å². The Morgan fingerprint density at radius 1 is 1.31 bits per heavy atom. The van der Waals surface area contributed by atoms with Crippen molar-refractivity contribution in [3.05, 3.63) is 29.3 Å². The molecule has 2 N–H and O–H groups in total. The van der Waals surface area contributed by atoms with E-state index >= 15 is 0 Å². The highest BCUT2D eigenvalue weighted by Crippen LogP contribution is 2.62. The third-order valence-electron chi connectivity index (χ3n) is 6.34. The van der Waals surface area contributed by atoms with Gasteiger partial charge in [0.05, 0.1) is 46.4 Å². The number of hydrogen-bond acceptors (Lipinski definition) is 6. The molecule has 3 aliphatic rings. The predicted octanol–water partition coefficient (Wildman–Crippen LogP) is 1.36. The number of carbonyl (C=O) groups is 2. The number of alkyl halides is 3. The van der Waals surface area contributed by atoms with E-state index in [0.717, 1.165) is 12.1 Å². The Balaban J connectivity index is 1.81. The normalized spacial score (nSPS) is 35.9. The van der Waals surface area contributed by atoms with Gasteiger partial charge in [0.1, 0.15) is 5.60 Å². The van der Waals surface area contributed by atoms with Gasteiger partial charge in [0.25, 0.3) is 0 Å². The smallest absolute Gasteiger partial charge is 0.396 e. The second-order valence-electron chi connectivity index (χ2n) is 7.85. The molecule has 1 aromatic rings. The number of fused-ring (bicyclic) bond motifs is 5. The summed E-state index contributed by atoms with van der Waals surface area (Å²) in [5.74, 6) is -3.59. The Bertz CT molecular complexity index is 958. The summed E-state index contributed by atoms with van der Waals surface area (Å²) in [6, 6.07) is 4.09. The first kappa shape index (κ1) is 19.8. The van der Waals surface area contributed by atoms with Crippen LogP contribution in [0.25, 0.3) is 0 Å². The molecule has 3 unspecified atom stereocenters. The molecule has 4 rings (SSSR count). The minimum atomic E-state index is -4.84. The highest BCUT2D eigenvalue weighted by molar-refractivity contribution is 6.23. The van der Waals surface area contributed by atoms with Crippen molar-refractivity contribution in [3.8, 4) is 6.07 Å². The number of hydrogen-bond donors (Lipinski definition) is 2. The summed E-state index contributed by atoms with van der Waals surface area (Å²) < 4.78 is 45.8. The van der Waals surface area contributed by atoms with Crippen LogP contribution in [0.1, 0.15) is 30.9 Å². The molecule has 3 fully saturated rings. The standard InChI is InChI=1S/C19H17F3N2O5/c1-17-12(26)7-18(29-17,4-5-25)14-13(17)15(27)24(16(14)28)10-3-2-9(8-23)11(6-10)19(20,21)22/h2-3,6,12-14,25-26H,4-5,7H2,1H3/t12-,13?,14+,17?,18?/m0/s1. The first-order valence-corrected chi connectivity index (χ1v) is 8.98. The van der Waals surface area contributed by atoms with Crippen molar-refractivity contribution < 1.29 is 37.7 Å². The number of anilines is 1. The molecule has 3 saturated heterocycles. The van der Waals surface area contributed by atoms with Crippen molar-refractivity contribution in [3.63, 3.8) is 0 Å². The fourth-order valence-electron chi connectivity index (χ4n) is 5.07. The van der Waals surface area contributed by atoms with Crippen LogP contribution in [0, 0.1) is 23.2 Å². The van der Waals surface area contributed by atoms with Crippen molar-refractivity contribution in [1.29, 1.82) is 5.26 Å². The van der Waals surface area contributed by atoms with Crippen molar-refractivity contribution in [2.45, 2.75) is 43.2 Å². The molecule has 3 heterocycles. The van der Waals surface area contributed by atoms with Gasteiger partial charge in [0, 0.05) is 19.4 Å². The molecule has 10 heteroatoms. The summed E-state index contributed by atoms with van der Waals surface area (Å²) in [7, 11) is 0. The van der Waals surface area contributed by atoms with Gasteiger partial charge >= 0.3 is 6.18 Å². The van der Waals surface area contributed by atoms with E-state index in [4.69, 9.17) is 10.00 Å². The summed E-state index contributed by atoms with van der Waals surface area (Å²) in [5.41, 5.74) is -4.79. The van der Waals surface area contributed by atoms with Gasteiger partial charge in [-0.25, -0.2) is 4.90 Å². The zero-order valence-corrected chi connectivity index (χ0v) is 15.2. The number of halogens is 3. The van der Waals surface area contributed by atoms with Gasteiger partial charge in [0.2, 0.25) is 11.8 Å². The summed E-state index contributed by atoms with van der Waals surface area (Å²) >= 11 is 0. The molecular formula is C19H17F3N2O5. The number of rotatable bonds is 3. The Hall–Kier alpha value is -2.48. The maximum atomic E-state index is 13.3. The van der Waals surface area contributed by atoms with E-state index in [0.29, 0.717) is 11.0 Å². The summed E-state index contributed by atoms with van der Waals surface area (Å²) in [6.45, 7) is 1.15. The van der Waals surface area contributed by atoms with Gasteiger partial charge in [-0.15, -0.1) is 0 Å². The molecular weight excluding hydrogens is 393 g/mol. The van der Waals surface area contributed by atoms with Gasteiger partial charge in [-0.1, -0.05) is 0 Å². The Kier molecular flexibility index (Phi) is 4.11. The van der Waals surface area contributed by atoms with Crippen LogP contribution in [-0.2, 0) is 20.5 Å². The minimum Gasteiger partial charge on any atom is -0.396 e. The fourth-order valence-corrected chi connectivity index (χ4v) is 5.07. The Morgan fingerprint density at radius 2 is 1.97 bits per heavy atom. The van der Waals surface area contributed by atoms with Crippen LogP contribution >= 0.6 is 0 Å². The van der Waals surface area contributed by atoms with Gasteiger partial charge < -0.3 is 14.9 Å². The van der Waals surface area contributed by atoms with Gasteiger partial charge in [-0.05, 0) is 25.1 Å². The number of benzene rings is 1. The van der Waals surface area contributed by atoms with Crippen molar-refractivity contribution >= 4 is 17.5 Å². The lowest BCUT2D eigenvalue weighted by Gasteiger charge is -2.33. The molecule has 1 aromatic carbocycles.